The van der Waals surface area contributed by atoms with Crippen LogP contribution in [0.3, 0.4) is 0 Å². The Morgan fingerprint density at radius 1 is 0.714 bits per heavy atom. The molecule has 0 spiro atoms. The second-order valence-electron chi connectivity index (χ2n) is 9.05. The number of ether oxygens (including phenoxy) is 2. The highest BCUT2D eigenvalue weighted by Gasteiger charge is 2.45. The second kappa shape index (κ2) is 8.70. The zero-order valence-corrected chi connectivity index (χ0v) is 17.0. The number of alkyl halides is 6. The summed E-state index contributed by atoms with van der Waals surface area (Å²) in [6.07, 6.45) is -5.37. The molecule has 2 aliphatic rings. The van der Waals surface area contributed by atoms with E-state index in [0.717, 1.165) is 30.6 Å². The van der Waals surface area contributed by atoms with Gasteiger partial charge in [-0.1, -0.05) is 20.8 Å². The van der Waals surface area contributed by atoms with Crippen molar-refractivity contribution in [2.45, 2.75) is 77.9 Å². The molecular weight excluding hydrogens is 386 g/mol. The van der Waals surface area contributed by atoms with Crippen molar-refractivity contribution in [3.8, 4) is 0 Å². The summed E-state index contributed by atoms with van der Waals surface area (Å²) in [7, 11) is 0. The smallest absolute Gasteiger partial charge is 0.341 e. The van der Waals surface area contributed by atoms with Gasteiger partial charge in [-0.3, -0.25) is 0 Å². The first-order valence-electron chi connectivity index (χ1n) is 10.1. The summed E-state index contributed by atoms with van der Waals surface area (Å²) in [5, 5.41) is 0. The van der Waals surface area contributed by atoms with Gasteiger partial charge in [-0.2, -0.15) is 26.3 Å². The third-order valence-electron chi connectivity index (χ3n) is 7.05. The molecule has 0 aromatic heterocycles. The molecule has 0 bridgehead atoms. The van der Waals surface area contributed by atoms with Crippen molar-refractivity contribution in [1.82, 2.24) is 0 Å². The molecule has 5 atom stereocenters. The van der Waals surface area contributed by atoms with E-state index in [1.807, 2.05) is 0 Å². The fourth-order valence-electron chi connectivity index (χ4n) is 4.57. The van der Waals surface area contributed by atoms with E-state index in [4.69, 9.17) is 9.47 Å². The molecule has 2 aliphatic carbocycles. The van der Waals surface area contributed by atoms with Crippen LogP contribution >= 0.6 is 0 Å². The van der Waals surface area contributed by atoms with Crippen LogP contribution in [-0.2, 0) is 9.47 Å². The second-order valence-corrected chi connectivity index (χ2v) is 9.05. The van der Waals surface area contributed by atoms with E-state index in [0.29, 0.717) is 24.2 Å². The third-order valence-corrected chi connectivity index (χ3v) is 7.05. The molecule has 28 heavy (non-hydrogen) atoms. The summed E-state index contributed by atoms with van der Waals surface area (Å²) >= 11 is 0. The van der Waals surface area contributed by atoms with Crippen molar-refractivity contribution < 1.29 is 35.8 Å². The lowest BCUT2D eigenvalue weighted by Crippen LogP contribution is -2.41. The Morgan fingerprint density at radius 3 is 1.57 bits per heavy atom. The topological polar surface area (TPSA) is 18.5 Å². The first kappa shape index (κ1) is 23.8. The largest absolute Gasteiger partial charge is 0.411 e. The summed E-state index contributed by atoms with van der Waals surface area (Å²) in [6.45, 7) is 4.59. The van der Waals surface area contributed by atoms with Crippen LogP contribution in [0.4, 0.5) is 26.3 Å². The van der Waals surface area contributed by atoms with Crippen molar-refractivity contribution in [3.05, 3.63) is 0 Å². The molecule has 0 saturated heterocycles. The van der Waals surface area contributed by atoms with Crippen LogP contribution in [0.25, 0.3) is 0 Å². The normalized spacial score (nSPS) is 33.6. The maximum atomic E-state index is 12.5. The van der Waals surface area contributed by atoms with Gasteiger partial charge in [0, 0.05) is 6.42 Å². The summed E-state index contributed by atoms with van der Waals surface area (Å²) in [5.41, 5.74) is 0. The molecule has 2 rings (SSSR count). The van der Waals surface area contributed by atoms with Crippen molar-refractivity contribution in [1.29, 1.82) is 0 Å². The lowest BCUT2D eigenvalue weighted by Gasteiger charge is -2.44. The van der Waals surface area contributed by atoms with Crippen molar-refractivity contribution in [3.63, 3.8) is 0 Å². The molecule has 8 heteroatoms. The van der Waals surface area contributed by atoms with E-state index in [9.17, 15) is 26.3 Å². The minimum absolute atomic E-state index is 0.0115. The van der Waals surface area contributed by atoms with Gasteiger partial charge in [0.05, 0.1) is 0 Å². The predicted molar refractivity (Wildman–Crippen MR) is 93.5 cm³/mol. The van der Waals surface area contributed by atoms with Gasteiger partial charge in [-0.25, -0.2) is 0 Å². The van der Waals surface area contributed by atoms with Gasteiger partial charge in [0.2, 0.25) is 0 Å². The lowest BCUT2D eigenvalue weighted by molar-refractivity contribution is -0.307. The molecule has 0 aliphatic heterocycles. The summed E-state index contributed by atoms with van der Waals surface area (Å²) in [6, 6.07) is 0. The lowest BCUT2D eigenvalue weighted by atomic mass is 9.62. The van der Waals surface area contributed by atoms with Crippen molar-refractivity contribution in [2.75, 3.05) is 13.2 Å². The highest BCUT2D eigenvalue weighted by atomic mass is 19.4. The average molecular weight is 418 g/mol. The molecule has 0 heterocycles. The van der Waals surface area contributed by atoms with Gasteiger partial charge in [0.15, 0.2) is 5.79 Å². The van der Waals surface area contributed by atoms with E-state index in [1.54, 1.807) is 0 Å². The minimum Gasteiger partial charge on any atom is -0.341 e. The van der Waals surface area contributed by atoms with Crippen LogP contribution < -0.4 is 0 Å². The molecule has 0 radical (unpaired) electrons. The van der Waals surface area contributed by atoms with E-state index in [-0.39, 0.29) is 6.42 Å². The molecule has 0 N–H and O–H groups in total. The zero-order valence-electron chi connectivity index (χ0n) is 17.0. The highest BCUT2D eigenvalue weighted by Crippen LogP contribution is 2.52. The first-order valence-corrected chi connectivity index (χ1v) is 10.1. The molecule has 0 aromatic carbocycles. The van der Waals surface area contributed by atoms with Crippen LogP contribution in [0.2, 0.25) is 0 Å². The monoisotopic (exact) mass is 418 g/mol. The Kier molecular flexibility index (Phi) is 7.39. The van der Waals surface area contributed by atoms with Crippen LogP contribution in [-0.4, -0.2) is 31.4 Å². The Morgan fingerprint density at radius 2 is 1.18 bits per heavy atom. The Hall–Kier alpha value is -0.500. The highest BCUT2D eigenvalue weighted by molar-refractivity contribution is 4.93. The summed E-state index contributed by atoms with van der Waals surface area (Å²) in [5.74, 6) is 1.83. The first-order chi connectivity index (χ1) is 12.7. The molecular formula is C20H32F6O2. The van der Waals surface area contributed by atoms with Crippen molar-refractivity contribution in [2.24, 2.45) is 35.5 Å². The van der Waals surface area contributed by atoms with Crippen LogP contribution in [0.15, 0.2) is 0 Å². The van der Waals surface area contributed by atoms with E-state index in [1.165, 1.54) is 13.3 Å². The number of halogens is 6. The molecule has 0 amide bonds. The van der Waals surface area contributed by atoms with Gasteiger partial charge < -0.3 is 9.47 Å². The van der Waals surface area contributed by atoms with Gasteiger partial charge in [0.1, 0.15) is 13.2 Å². The van der Waals surface area contributed by atoms with E-state index in [2.05, 4.69) is 20.8 Å². The van der Waals surface area contributed by atoms with Crippen LogP contribution in [0.1, 0.15) is 59.8 Å². The summed E-state index contributed by atoms with van der Waals surface area (Å²) in [4.78, 5) is 0. The maximum Gasteiger partial charge on any atom is 0.411 e. The van der Waals surface area contributed by atoms with E-state index >= 15 is 0 Å². The summed E-state index contributed by atoms with van der Waals surface area (Å²) < 4.78 is 84.2. The molecule has 2 nitrogen and oxygen atoms in total. The molecule has 166 valence electrons. The standard InChI is InChI=1S/C20H32F6O2/c1-12-13(2)17(12)6-5-15-9-16(14(15)3)7-8-18(4,27-10-19(21,22)23)28-11-20(24,25)26/h12-17H,5-11H2,1-4H3. The predicted octanol–water partition coefficient (Wildman–Crippen LogP) is 6.60. The average Bonchev–Trinajstić information content (AvgIpc) is 3.14. The SMILES string of the molecule is CC1C(CCC2C(C)C2C)CC1CCC(C)(OCC(F)(F)F)OCC(F)(F)F. The quantitative estimate of drug-likeness (QED) is 0.294. The van der Waals surface area contributed by atoms with Crippen LogP contribution in [0, 0.1) is 35.5 Å². The Bertz CT molecular complexity index is 478. The molecule has 2 fully saturated rings. The molecule has 2 saturated carbocycles. The maximum absolute atomic E-state index is 12.5. The number of hydrogen-bond donors (Lipinski definition) is 0. The fourth-order valence-corrected chi connectivity index (χ4v) is 4.57. The van der Waals surface area contributed by atoms with Crippen LogP contribution in [0.5, 0.6) is 0 Å². The van der Waals surface area contributed by atoms with E-state index < -0.39 is 31.4 Å². The molecule has 0 aromatic rings. The minimum atomic E-state index is -4.62. The number of rotatable bonds is 10. The zero-order chi connectivity index (χ0) is 21.3. The van der Waals surface area contributed by atoms with Gasteiger partial charge in [-0.15, -0.1) is 0 Å². The van der Waals surface area contributed by atoms with Crippen molar-refractivity contribution >= 4 is 0 Å². The fraction of sp³-hybridized carbons (Fsp3) is 1.00. The third kappa shape index (κ3) is 7.08. The molecule has 5 unspecified atom stereocenters. The van der Waals surface area contributed by atoms with Gasteiger partial charge >= 0.3 is 12.4 Å². The Balaban J connectivity index is 1.78. The van der Waals surface area contributed by atoms with Gasteiger partial charge in [-0.05, 0) is 68.1 Å². The Labute approximate surface area is 163 Å². The number of hydrogen-bond acceptors (Lipinski definition) is 2. The van der Waals surface area contributed by atoms with Gasteiger partial charge in [0.25, 0.3) is 0 Å².